The van der Waals surface area contributed by atoms with Crippen LogP contribution in [0.3, 0.4) is 0 Å². The van der Waals surface area contributed by atoms with E-state index in [0.717, 1.165) is 13.3 Å². The molecule has 0 radical (unpaired) electrons. The van der Waals surface area contributed by atoms with E-state index < -0.39 is 0 Å². The molecule has 0 aliphatic carbocycles. The third-order valence-corrected chi connectivity index (χ3v) is 5.64. The van der Waals surface area contributed by atoms with Gasteiger partial charge in [0, 0.05) is 50.3 Å². The van der Waals surface area contributed by atoms with Gasteiger partial charge in [0.05, 0.1) is 13.3 Å². The highest BCUT2D eigenvalue weighted by atomic mass is 15.3. The average Bonchev–Trinajstić information content (AvgIpc) is 3.42. The van der Waals surface area contributed by atoms with Crippen molar-refractivity contribution >= 4 is 11.4 Å². The molecule has 2 aliphatic rings. The summed E-state index contributed by atoms with van der Waals surface area (Å²) < 4.78 is 0. The summed E-state index contributed by atoms with van der Waals surface area (Å²) in [5.41, 5.74) is 7.35. The standard InChI is InChI=1S/C26H26N4/c1-27-12-14-29(19-27)25-16-24(17-26(18-25)30-15-13-28(2)20-30)23-10-8-22(9-11-23)21-6-4-3-5-7-21/h3-18H,19-20H2,1-2H3. The lowest BCUT2D eigenvalue weighted by molar-refractivity contribution is 0.494. The average molecular weight is 395 g/mol. The lowest BCUT2D eigenvalue weighted by Gasteiger charge is -2.24. The first kappa shape index (κ1) is 18.4. The fourth-order valence-corrected chi connectivity index (χ4v) is 3.97. The van der Waals surface area contributed by atoms with E-state index in [0.29, 0.717) is 0 Å². The minimum Gasteiger partial charge on any atom is -0.361 e. The second-order valence-corrected chi connectivity index (χ2v) is 8.01. The number of nitrogens with zero attached hydrogens (tertiary/aromatic N) is 4. The van der Waals surface area contributed by atoms with E-state index in [1.807, 2.05) is 0 Å². The molecule has 0 N–H and O–H groups in total. The van der Waals surface area contributed by atoms with Gasteiger partial charge in [-0.15, -0.1) is 0 Å². The Bertz CT molecular complexity index is 1040. The lowest BCUT2D eigenvalue weighted by atomic mass is 9.99. The second-order valence-electron chi connectivity index (χ2n) is 8.01. The molecule has 0 aromatic heterocycles. The molecule has 0 bridgehead atoms. The monoisotopic (exact) mass is 394 g/mol. The first-order valence-corrected chi connectivity index (χ1v) is 10.3. The predicted octanol–water partition coefficient (Wildman–Crippen LogP) is 5.38. The zero-order valence-electron chi connectivity index (χ0n) is 17.4. The molecule has 30 heavy (non-hydrogen) atoms. The van der Waals surface area contributed by atoms with Gasteiger partial charge in [-0.05, 0) is 40.5 Å². The molecule has 2 heterocycles. The molecule has 5 rings (SSSR count). The Kier molecular flexibility index (Phi) is 4.68. The minimum atomic E-state index is 0.867. The highest BCUT2D eigenvalue weighted by Crippen LogP contribution is 2.34. The highest BCUT2D eigenvalue weighted by molar-refractivity contribution is 5.78. The number of hydrogen-bond donors (Lipinski definition) is 0. The van der Waals surface area contributed by atoms with Crippen molar-refractivity contribution in [3.05, 3.63) is 97.6 Å². The fraction of sp³-hybridized carbons (Fsp3) is 0.154. The zero-order chi connectivity index (χ0) is 20.5. The number of anilines is 2. The van der Waals surface area contributed by atoms with E-state index >= 15 is 0 Å². The van der Waals surface area contributed by atoms with Crippen LogP contribution >= 0.6 is 0 Å². The molecule has 2 aliphatic heterocycles. The molecule has 0 spiro atoms. The molecule has 4 nitrogen and oxygen atoms in total. The molecule has 0 saturated carbocycles. The van der Waals surface area contributed by atoms with E-state index in [4.69, 9.17) is 0 Å². The molecule has 3 aromatic carbocycles. The van der Waals surface area contributed by atoms with Gasteiger partial charge in [0.25, 0.3) is 0 Å². The van der Waals surface area contributed by atoms with Crippen LogP contribution in [0.5, 0.6) is 0 Å². The second kappa shape index (κ2) is 7.64. The van der Waals surface area contributed by atoms with Crippen molar-refractivity contribution < 1.29 is 0 Å². The summed E-state index contributed by atoms with van der Waals surface area (Å²) in [6.07, 6.45) is 8.52. The van der Waals surface area contributed by atoms with Gasteiger partial charge in [0.15, 0.2) is 0 Å². The van der Waals surface area contributed by atoms with Crippen LogP contribution in [0.1, 0.15) is 0 Å². The summed E-state index contributed by atoms with van der Waals surface area (Å²) in [6, 6.07) is 26.2. The molecule has 0 amide bonds. The molecular weight excluding hydrogens is 368 g/mol. The van der Waals surface area contributed by atoms with Gasteiger partial charge in [0.1, 0.15) is 0 Å². The fourth-order valence-electron chi connectivity index (χ4n) is 3.97. The van der Waals surface area contributed by atoms with Crippen LogP contribution in [0.2, 0.25) is 0 Å². The van der Waals surface area contributed by atoms with Crippen molar-refractivity contribution in [2.24, 2.45) is 0 Å². The molecule has 3 aromatic rings. The Morgan fingerprint density at radius 3 is 1.43 bits per heavy atom. The highest BCUT2D eigenvalue weighted by Gasteiger charge is 2.17. The normalized spacial score (nSPS) is 15.5. The van der Waals surface area contributed by atoms with E-state index in [1.54, 1.807) is 0 Å². The van der Waals surface area contributed by atoms with Gasteiger partial charge in [-0.25, -0.2) is 0 Å². The third-order valence-electron chi connectivity index (χ3n) is 5.64. The largest absolute Gasteiger partial charge is 0.361 e. The maximum Gasteiger partial charge on any atom is 0.0938 e. The molecular formula is C26H26N4. The molecule has 150 valence electrons. The quantitative estimate of drug-likeness (QED) is 0.589. The van der Waals surface area contributed by atoms with Crippen LogP contribution in [0.15, 0.2) is 97.6 Å². The first-order valence-electron chi connectivity index (χ1n) is 10.3. The first-order chi connectivity index (χ1) is 14.7. The van der Waals surface area contributed by atoms with Gasteiger partial charge in [-0.2, -0.15) is 0 Å². The molecule has 0 saturated heterocycles. The number of benzene rings is 3. The Labute approximate surface area is 178 Å². The van der Waals surface area contributed by atoms with E-state index in [-0.39, 0.29) is 0 Å². The maximum absolute atomic E-state index is 2.29. The van der Waals surface area contributed by atoms with Crippen LogP contribution in [-0.4, -0.2) is 37.2 Å². The maximum atomic E-state index is 2.29. The lowest BCUT2D eigenvalue weighted by Crippen LogP contribution is -2.23. The Morgan fingerprint density at radius 2 is 0.967 bits per heavy atom. The summed E-state index contributed by atoms with van der Waals surface area (Å²) in [6.45, 7) is 1.73. The zero-order valence-corrected chi connectivity index (χ0v) is 17.4. The molecule has 0 unspecified atom stereocenters. The summed E-state index contributed by atoms with van der Waals surface area (Å²) >= 11 is 0. The van der Waals surface area contributed by atoms with Gasteiger partial charge < -0.3 is 19.6 Å². The van der Waals surface area contributed by atoms with Gasteiger partial charge in [0.2, 0.25) is 0 Å². The SMILES string of the molecule is CN1C=CN(c2cc(-c3ccc(-c4ccccc4)cc3)cc(N3C=CN(C)C3)c2)C1. The molecule has 0 fully saturated rings. The third kappa shape index (κ3) is 3.64. The molecule has 4 heteroatoms. The van der Waals surface area contributed by atoms with Crippen molar-refractivity contribution in [1.82, 2.24) is 9.80 Å². The predicted molar refractivity (Wildman–Crippen MR) is 126 cm³/mol. The van der Waals surface area contributed by atoms with E-state index in [2.05, 4.69) is 131 Å². The Hall–Kier alpha value is -3.66. The van der Waals surface area contributed by atoms with E-state index in [9.17, 15) is 0 Å². The van der Waals surface area contributed by atoms with Crippen molar-refractivity contribution in [2.45, 2.75) is 0 Å². The topological polar surface area (TPSA) is 13.0 Å². The Morgan fingerprint density at radius 1 is 0.500 bits per heavy atom. The van der Waals surface area contributed by atoms with Crippen LogP contribution in [-0.2, 0) is 0 Å². The van der Waals surface area contributed by atoms with Gasteiger partial charge >= 0.3 is 0 Å². The van der Waals surface area contributed by atoms with Crippen molar-refractivity contribution in [3.8, 4) is 22.3 Å². The summed E-state index contributed by atoms with van der Waals surface area (Å²) in [7, 11) is 4.20. The smallest absolute Gasteiger partial charge is 0.0938 e. The van der Waals surface area contributed by atoms with Gasteiger partial charge in [-0.3, -0.25) is 0 Å². The van der Waals surface area contributed by atoms with E-state index in [1.165, 1.54) is 33.6 Å². The summed E-state index contributed by atoms with van der Waals surface area (Å²) in [5.74, 6) is 0. The number of hydrogen-bond acceptors (Lipinski definition) is 4. The summed E-state index contributed by atoms with van der Waals surface area (Å²) in [4.78, 5) is 8.94. The van der Waals surface area contributed by atoms with Crippen LogP contribution in [0.4, 0.5) is 11.4 Å². The van der Waals surface area contributed by atoms with Crippen molar-refractivity contribution in [1.29, 1.82) is 0 Å². The summed E-state index contributed by atoms with van der Waals surface area (Å²) in [5, 5.41) is 0. The Balaban J connectivity index is 1.52. The number of rotatable bonds is 4. The van der Waals surface area contributed by atoms with Crippen LogP contribution in [0.25, 0.3) is 22.3 Å². The van der Waals surface area contributed by atoms with Gasteiger partial charge in [-0.1, -0.05) is 54.6 Å². The minimum absolute atomic E-state index is 0.867. The molecule has 0 atom stereocenters. The van der Waals surface area contributed by atoms with Crippen molar-refractivity contribution in [3.63, 3.8) is 0 Å². The van der Waals surface area contributed by atoms with Crippen LogP contribution in [0, 0.1) is 0 Å². The van der Waals surface area contributed by atoms with Crippen LogP contribution < -0.4 is 9.80 Å². The van der Waals surface area contributed by atoms with Crippen molar-refractivity contribution in [2.75, 3.05) is 37.2 Å².